The minimum atomic E-state index is -0.244. The fourth-order valence-corrected chi connectivity index (χ4v) is 3.38. The lowest BCUT2D eigenvalue weighted by molar-refractivity contribution is -0.0735. The number of nitrogens with one attached hydrogen (secondary N) is 1. The Morgan fingerprint density at radius 3 is 2.52 bits per heavy atom. The first-order chi connectivity index (χ1) is 11.0. The quantitative estimate of drug-likeness (QED) is 0.911. The van der Waals surface area contributed by atoms with Crippen LogP contribution in [0.4, 0.5) is 10.5 Å². The monoisotopic (exact) mass is 317 g/mol. The van der Waals surface area contributed by atoms with Crippen LogP contribution in [0.2, 0.25) is 0 Å². The zero-order valence-corrected chi connectivity index (χ0v) is 14.1. The van der Waals surface area contributed by atoms with Gasteiger partial charge in [0.1, 0.15) is 0 Å². The van der Waals surface area contributed by atoms with Gasteiger partial charge in [-0.1, -0.05) is 18.2 Å². The molecule has 0 saturated carbocycles. The average molecular weight is 317 g/mol. The van der Waals surface area contributed by atoms with Crippen LogP contribution in [0.3, 0.4) is 0 Å². The van der Waals surface area contributed by atoms with Crippen molar-refractivity contribution in [1.29, 1.82) is 0 Å². The van der Waals surface area contributed by atoms with Crippen LogP contribution in [0.1, 0.15) is 26.7 Å². The molecule has 3 rings (SSSR count). The number of urea groups is 1. The highest BCUT2D eigenvalue weighted by atomic mass is 16.5. The fraction of sp³-hybridized carbons (Fsp3) is 0.611. The molecule has 2 fully saturated rings. The van der Waals surface area contributed by atoms with Crippen LogP contribution in [0.25, 0.3) is 0 Å². The van der Waals surface area contributed by atoms with Gasteiger partial charge in [-0.05, 0) is 38.8 Å². The van der Waals surface area contributed by atoms with Gasteiger partial charge in [0.2, 0.25) is 0 Å². The molecule has 2 aliphatic rings. The van der Waals surface area contributed by atoms with E-state index >= 15 is 0 Å². The second-order valence-corrected chi connectivity index (χ2v) is 7.08. The maximum atomic E-state index is 12.5. The summed E-state index contributed by atoms with van der Waals surface area (Å²) >= 11 is 0. The summed E-state index contributed by atoms with van der Waals surface area (Å²) in [6.45, 7) is 8.00. The van der Waals surface area contributed by atoms with Crippen LogP contribution in [-0.4, -0.2) is 55.4 Å². The highest BCUT2D eigenvalue weighted by molar-refractivity contribution is 5.74. The minimum Gasteiger partial charge on any atom is -0.372 e. The predicted molar refractivity (Wildman–Crippen MR) is 91.8 cm³/mol. The molecule has 2 amide bonds. The van der Waals surface area contributed by atoms with E-state index < -0.39 is 0 Å². The van der Waals surface area contributed by atoms with Gasteiger partial charge in [0.15, 0.2) is 0 Å². The molecule has 1 aromatic rings. The molecule has 0 spiro atoms. The molecule has 5 nitrogen and oxygen atoms in total. The van der Waals surface area contributed by atoms with E-state index in [0.717, 1.165) is 25.9 Å². The summed E-state index contributed by atoms with van der Waals surface area (Å²) in [4.78, 5) is 16.7. The Hall–Kier alpha value is -1.75. The van der Waals surface area contributed by atoms with Crippen molar-refractivity contribution in [3.05, 3.63) is 30.3 Å². The molecule has 0 aliphatic carbocycles. The summed E-state index contributed by atoms with van der Waals surface area (Å²) < 4.78 is 5.67. The Bertz CT molecular complexity index is 524. The molecule has 2 aliphatic heterocycles. The molecule has 2 saturated heterocycles. The second-order valence-electron chi connectivity index (χ2n) is 7.08. The molecule has 126 valence electrons. The summed E-state index contributed by atoms with van der Waals surface area (Å²) in [6, 6.07) is 10.8. The largest absolute Gasteiger partial charge is 0.372 e. The van der Waals surface area contributed by atoms with E-state index in [1.54, 1.807) is 0 Å². The number of para-hydroxylation sites is 1. The predicted octanol–water partition coefficient (Wildman–Crippen LogP) is 2.48. The van der Waals surface area contributed by atoms with E-state index in [0.29, 0.717) is 19.7 Å². The van der Waals surface area contributed by atoms with E-state index in [-0.39, 0.29) is 17.7 Å². The molecular formula is C18H27N3O2. The summed E-state index contributed by atoms with van der Waals surface area (Å²) in [5, 5.41) is 3.20. The number of piperidine rings is 1. The fourth-order valence-electron chi connectivity index (χ4n) is 3.38. The molecule has 0 radical (unpaired) electrons. The lowest BCUT2D eigenvalue weighted by Gasteiger charge is -2.39. The van der Waals surface area contributed by atoms with Gasteiger partial charge in [0.25, 0.3) is 0 Å². The van der Waals surface area contributed by atoms with Crippen molar-refractivity contribution in [1.82, 2.24) is 10.2 Å². The van der Waals surface area contributed by atoms with Crippen LogP contribution >= 0.6 is 0 Å². The minimum absolute atomic E-state index is 0.0551. The van der Waals surface area contributed by atoms with Crippen LogP contribution in [0, 0.1) is 0 Å². The molecule has 1 N–H and O–H groups in total. The number of benzene rings is 1. The van der Waals surface area contributed by atoms with Crippen molar-refractivity contribution in [2.24, 2.45) is 0 Å². The summed E-state index contributed by atoms with van der Waals surface area (Å²) in [5.41, 5.74) is 1.03. The first kappa shape index (κ1) is 16.1. The molecule has 1 aromatic carbocycles. The molecule has 2 heterocycles. The first-order valence-corrected chi connectivity index (χ1v) is 8.53. The van der Waals surface area contributed by atoms with Crippen molar-refractivity contribution in [3.8, 4) is 0 Å². The van der Waals surface area contributed by atoms with E-state index in [4.69, 9.17) is 4.74 Å². The number of hydrogen-bond acceptors (Lipinski definition) is 3. The Morgan fingerprint density at radius 1 is 1.17 bits per heavy atom. The molecule has 0 bridgehead atoms. The smallest absolute Gasteiger partial charge is 0.317 e. The van der Waals surface area contributed by atoms with Crippen LogP contribution in [0.5, 0.6) is 0 Å². The van der Waals surface area contributed by atoms with Crippen LogP contribution in [0.15, 0.2) is 30.3 Å². The van der Waals surface area contributed by atoms with Crippen LogP contribution in [-0.2, 0) is 4.74 Å². The van der Waals surface area contributed by atoms with Crippen molar-refractivity contribution in [2.45, 2.75) is 38.3 Å². The summed E-state index contributed by atoms with van der Waals surface area (Å²) in [5.74, 6) is 0. The SMILES string of the molecule is CC1(C)CN(C(=O)NC2CCN(c3ccccc3)CC2)CCO1. The number of rotatable bonds is 2. The number of hydrogen-bond donors (Lipinski definition) is 1. The molecule has 23 heavy (non-hydrogen) atoms. The van der Waals surface area contributed by atoms with Crippen molar-refractivity contribution >= 4 is 11.7 Å². The topological polar surface area (TPSA) is 44.8 Å². The average Bonchev–Trinajstić information content (AvgIpc) is 2.55. The van der Waals surface area contributed by atoms with Gasteiger partial charge >= 0.3 is 6.03 Å². The van der Waals surface area contributed by atoms with Crippen LogP contribution < -0.4 is 10.2 Å². The lowest BCUT2D eigenvalue weighted by atomic mass is 10.0. The molecular weight excluding hydrogens is 290 g/mol. The summed E-state index contributed by atoms with van der Waals surface area (Å²) in [7, 11) is 0. The summed E-state index contributed by atoms with van der Waals surface area (Å²) in [6.07, 6.45) is 1.99. The zero-order valence-electron chi connectivity index (χ0n) is 14.1. The Kier molecular flexibility index (Phi) is 4.76. The Morgan fingerprint density at radius 2 is 1.87 bits per heavy atom. The lowest BCUT2D eigenvalue weighted by Crippen LogP contribution is -2.56. The van der Waals surface area contributed by atoms with Gasteiger partial charge in [0, 0.05) is 31.4 Å². The number of ether oxygens (including phenoxy) is 1. The van der Waals surface area contributed by atoms with Gasteiger partial charge in [-0.3, -0.25) is 0 Å². The van der Waals surface area contributed by atoms with E-state index in [2.05, 4.69) is 34.5 Å². The number of carbonyl (C=O) groups is 1. The normalized spacial score (nSPS) is 22.0. The maximum absolute atomic E-state index is 12.5. The van der Waals surface area contributed by atoms with Crippen molar-refractivity contribution < 1.29 is 9.53 Å². The standard InChI is InChI=1S/C18H27N3O2/c1-18(2)14-21(12-13-23-18)17(22)19-15-8-10-20(11-9-15)16-6-4-3-5-7-16/h3-7,15H,8-14H2,1-2H3,(H,19,22). The second kappa shape index (κ2) is 6.79. The highest BCUT2D eigenvalue weighted by Crippen LogP contribution is 2.20. The van der Waals surface area contributed by atoms with Gasteiger partial charge in [-0.2, -0.15) is 0 Å². The van der Waals surface area contributed by atoms with Crippen molar-refractivity contribution in [2.75, 3.05) is 37.7 Å². The number of amides is 2. The highest BCUT2D eigenvalue weighted by Gasteiger charge is 2.31. The molecule has 0 atom stereocenters. The third-order valence-corrected chi connectivity index (χ3v) is 4.66. The number of nitrogens with zero attached hydrogens (tertiary/aromatic N) is 2. The Balaban J connectivity index is 1.48. The maximum Gasteiger partial charge on any atom is 0.317 e. The van der Waals surface area contributed by atoms with Crippen molar-refractivity contribution in [3.63, 3.8) is 0 Å². The first-order valence-electron chi connectivity index (χ1n) is 8.53. The molecule has 5 heteroatoms. The van der Waals surface area contributed by atoms with E-state index in [9.17, 15) is 4.79 Å². The van der Waals surface area contributed by atoms with Gasteiger partial charge < -0.3 is 19.9 Å². The number of anilines is 1. The Labute approximate surface area is 138 Å². The molecule has 0 unspecified atom stereocenters. The van der Waals surface area contributed by atoms with E-state index in [1.165, 1.54) is 5.69 Å². The number of morpholine rings is 1. The third-order valence-electron chi connectivity index (χ3n) is 4.66. The van der Waals surface area contributed by atoms with Gasteiger partial charge in [-0.15, -0.1) is 0 Å². The van der Waals surface area contributed by atoms with E-state index in [1.807, 2.05) is 24.8 Å². The zero-order chi connectivity index (χ0) is 16.3. The third kappa shape index (κ3) is 4.16. The molecule has 0 aromatic heterocycles. The van der Waals surface area contributed by atoms with Gasteiger partial charge in [-0.25, -0.2) is 4.79 Å². The van der Waals surface area contributed by atoms with Gasteiger partial charge in [0.05, 0.1) is 18.8 Å². The number of carbonyl (C=O) groups excluding carboxylic acids is 1.